The summed E-state index contributed by atoms with van der Waals surface area (Å²) >= 11 is 0. The molecule has 0 spiro atoms. The van der Waals surface area contributed by atoms with Crippen molar-refractivity contribution in [3.05, 3.63) is 24.3 Å². The normalized spacial score (nSPS) is 21.3. The van der Waals surface area contributed by atoms with Crippen molar-refractivity contribution in [1.82, 2.24) is 9.80 Å². The maximum absolute atomic E-state index is 10.4. The molecule has 3 rings (SSSR count). The van der Waals surface area contributed by atoms with Crippen molar-refractivity contribution >= 4 is 5.69 Å². The van der Waals surface area contributed by atoms with Gasteiger partial charge < -0.3 is 19.5 Å². The number of hydrogen-bond acceptors (Lipinski definition) is 6. The average Bonchev–Trinajstić information content (AvgIpc) is 2.64. The average molecular weight is 349 g/mol. The molecule has 140 valence electrons. The van der Waals surface area contributed by atoms with E-state index in [9.17, 15) is 5.11 Å². The molecule has 1 N–H and O–H groups in total. The summed E-state index contributed by atoms with van der Waals surface area (Å²) in [5.41, 5.74) is 1.25. The highest BCUT2D eigenvalue weighted by Crippen LogP contribution is 2.20. The zero-order valence-corrected chi connectivity index (χ0v) is 15.3. The Hall–Kier alpha value is -1.34. The van der Waals surface area contributed by atoms with Gasteiger partial charge >= 0.3 is 0 Å². The molecule has 1 aromatic rings. The van der Waals surface area contributed by atoms with Crippen LogP contribution in [-0.2, 0) is 4.74 Å². The van der Waals surface area contributed by atoms with Crippen LogP contribution in [0.1, 0.15) is 6.92 Å². The van der Waals surface area contributed by atoms with Crippen LogP contribution in [0.5, 0.6) is 5.75 Å². The molecule has 2 heterocycles. The number of aliphatic hydroxyl groups is 1. The summed E-state index contributed by atoms with van der Waals surface area (Å²) in [6.45, 7) is 11.6. The van der Waals surface area contributed by atoms with E-state index >= 15 is 0 Å². The van der Waals surface area contributed by atoms with Crippen LogP contribution in [0.2, 0.25) is 0 Å². The highest BCUT2D eigenvalue weighted by molar-refractivity contribution is 5.49. The van der Waals surface area contributed by atoms with Crippen molar-refractivity contribution in [2.24, 2.45) is 0 Å². The summed E-state index contributed by atoms with van der Waals surface area (Å²) in [7, 11) is 0. The second kappa shape index (κ2) is 9.38. The van der Waals surface area contributed by atoms with Gasteiger partial charge in [-0.05, 0) is 31.2 Å². The molecule has 2 aliphatic heterocycles. The molecule has 0 amide bonds. The lowest BCUT2D eigenvalue weighted by Crippen LogP contribution is -2.50. The van der Waals surface area contributed by atoms with Gasteiger partial charge in [0.05, 0.1) is 25.9 Å². The Bertz CT molecular complexity index is 497. The maximum atomic E-state index is 10.4. The molecule has 6 nitrogen and oxygen atoms in total. The van der Waals surface area contributed by atoms with E-state index in [1.807, 2.05) is 19.1 Å². The summed E-state index contributed by atoms with van der Waals surface area (Å²) in [6, 6.07) is 8.34. The number of nitrogens with zero attached hydrogens (tertiary/aromatic N) is 3. The summed E-state index contributed by atoms with van der Waals surface area (Å²) in [5.74, 6) is 0.927. The van der Waals surface area contributed by atoms with E-state index in [1.54, 1.807) is 0 Å². The predicted molar refractivity (Wildman–Crippen MR) is 99.5 cm³/mol. The number of anilines is 1. The van der Waals surface area contributed by atoms with Crippen molar-refractivity contribution in [1.29, 1.82) is 0 Å². The summed E-state index contributed by atoms with van der Waals surface area (Å²) in [5, 5.41) is 10.4. The lowest BCUT2D eigenvalue weighted by molar-refractivity contribution is 0.00656. The van der Waals surface area contributed by atoms with Crippen LogP contribution in [0.15, 0.2) is 24.3 Å². The minimum absolute atomic E-state index is 0.282. The molecule has 0 aromatic heterocycles. The van der Waals surface area contributed by atoms with Crippen molar-refractivity contribution < 1.29 is 14.6 Å². The van der Waals surface area contributed by atoms with Gasteiger partial charge in [0, 0.05) is 58.0 Å². The van der Waals surface area contributed by atoms with Gasteiger partial charge in [0.2, 0.25) is 0 Å². The first-order valence-electron chi connectivity index (χ1n) is 9.43. The number of rotatable bonds is 7. The van der Waals surface area contributed by atoms with Crippen LogP contribution >= 0.6 is 0 Å². The van der Waals surface area contributed by atoms with Crippen LogP contribution in [0.4, 0.5) is 5.69 Å². The van der Waals surface area contributed by atoms with Crippen LogP contribution < -0.4 is 9.64 Å². The molecule has 2 saturated heterocycles. The Morgan fingerprint density at radius 3 is 2.16 bits per heavy atom. The topological polar surface area (TPSA) is 48.4 Å². The molecule has 1 unspecified atom stereocenters. The lowest BCUT2D eigenvalue weighted by Gasteiger charge is -2.37. The van der Waals surface area contributed by atoms with Gasteiger partial charge in [0.1, 0.15) is 5.75 Å². The molecule has 25 heavy (non-hydrogen) atoms. The zero-order valence-electron chi connectivity index (χ0n) is 15.3. The molecular formula is C19H31N3O3. The molecule has 0 saturated carbocycles. The molecule has 0 aliphatic carbocycles. The van der Waals surface area contributed by atoms with Gasteiger partial charge in [-0.3, -0.25) is 9.80 Å². The Labute approximate surface area is 150 Å². The number of aliphatic hydroxyl groups excluding tert-OH is 1. The fourth-order valence-electron chi connectivity index (χ4n) is 3.55. The van der Waals surface area contributed by atoms with Crippen LogP contribution in [-0.4, -0.2) is 93.2 Å². The van der Waals surface area contributed by atoms with Crippen molar-refractivity contribution in [3.8, 4) is 5.75 Å². The summed E-state index contributed by atoms with van der Waals surface area (Å²) in [6.07, 6.45) is -0.282. The molecular weight excluding hydrogens is 318 g/mol. The van der Waals surface area contributed by atoms with Gasteiger partial charge in [-0.15, -0.1) is 0 Å². The quantitative estimate of drug-likeness (QED) is 0.789. The number of morpholine rings is 1. The van der Waals surface area contributed by atoms with E-state index in [0.29, 0.717) is 6.61 Å². The van der Waals surface area contributed by atoms with E-state index < -0.39 is 0 Å². The number of benzene rings is 1. The maximum Gasteiger partial charge on any atom is 0.119 e. The van der Waals surface area contributed by atoms with Crippen LogP contribution in [0, 0.1) is 0 Å². The lowest BCUT2D eigenvalue weighted by atomic mass is 10.2. The van der Waals surface area contributed by atoms with Gasteiger partial charge in [0.15, 0.2) is 0 Å². The van der Waals surface area contributed by atoms with E-state index in [-0.39, 0.29) is 6.10 Å². The van der Waals surface area contributed by atoms with Crippen LogP contribution in [0.3, 0.4) is 0 Å². The van der Waals surface area contributed by atoms with Crippen molar-refractivity contribution in [2.45, 2.75) is 13.0 Å². The second-order valence-corrected chi connectivity index (χ2v) is 6.78. The number of hydrogen-bond donors (Lipinski definition) is 1. The Morgan fingerprint density at radius 1 is 0.960 bits per heavy atom. The van der Waals surface area contributed by atoms with Crippen LogP contribution in [0.25, 0.3) is 0 Å². The van der Waals surface area contributed by atoms with Crippen molar-refractivity contribution in [2.75, 3.05) is 77.1 Å². The molecule has 1 aromatic carbocycles. The molecule has 0 bridgehead atoms. The zero-order chi connectivity index (χ0) is 17.5. The first-order chi connectivity index (χ1) is 12.2. The monoisotopic (exact) mass is 349 g/mol. The van der Waals surface area contributed by atoms with Gasteiger partial charge in [-0.2, -0.15) is 0 Å². The fourth-order valence-corrected chi connectivity index (χ4v) is 3.55. The summed E-state index contributed by atoms with van der Waals surface area (Å²) < 4.78 is 10.9. The molecule has 6 heteroatoms. The van der Waals surface area contributed by atoms with E-state index in [0.717, 1.165) is 71.3 Å². The van der Waals surface area contributed by atoms with Crippen molar-refractivity contribution in [3.63, 3.8) is 0 Å². The number of β-amino-alcohol motifs (C(OH)–C–C–N with tert-alkyl or cyclic N) is 1. The third-order valence-corrected chi connectivity index (χ3v) is 4.93. The first-order valence-corrected chi connectivity index (χ1v) is 9.43. The standard InChI is InChI=1S/C19H31N3O3/c1-2-25-19-5-3-17(4-6-19)22-9-7-20(8-10-22)15-18(23)16-21-11-13-24-14-12-21/h3-6,18,23H,2,7-16H2,1H3. The molecule has 2 fully saturated rings. The van der Waals surface area contributed by atoms with Gasteiger partial charge in [-0.25, -0.2) is 0 Å². The van der Waals surface area contributed by atoms with E-state index in [4.69, 9.17) is 9.47 Å². The van der Waals surface area contributed by atoms with E-state index in [1.165, 1.54) is 5.69 Å². The summed E-state index contributed by atoms with van der Waals surface area (Å²) in [4.78, 5) is 7.07. The number of piperazine rings is 1. The first kappa shape index (κ1) is 18.5. The number of ether oxygens (including phenoxy) is 2. The smallest absolute Gasteiger partial charge is 0.119 e. The highest BCUT2D eigenvalue weighted by Gasteiger charge is 2.21. The molecule has 0 radical (unpaired) electrons. The fraction of sp³-hybridized carbons (Fsp3) is 0.684. The Kier molecular flexibility index (Phi) is 6.93. The third-order valence-electron chi connectivity index (χ3n) is 4.93. The Balaban J connectivity index is 1.40. The SMILES string of the molecule is CCOc1ccc(N2CCN(CC(O)CN3CCOCC3)CC2)cc1. The minimum Gasteiger partial charge on any atom is -0.494 e. The van der Waals surface area contributed by atoms with Gasteiger partial charge in [-0.1, -0.05) is 0 Å². The highest BCUT2D eigenvalue weighted by atomic mass is 16.5. The molecule has 2 aliphatic rings. The predicted octanol–water partition coefficient (Wildman–Crippen LogP) is 0.900. The largest absolute Gasteiger partial charge is 0.494 e. The Morgan fingerprint density at radius 2 is 1.56 bits per heavy atom. The third kappa shape index (κ3) is 5.57. The second-order valence-electron chi connectivity index (χ2n) is 6.78. The molecule has 1 atom stereocenters. The van der Waals surface area contributed by atoms with E-state index in [2.05, 4.69) is 26.8 Å². The minimum atomic E-state index is -0.282. The van der Waals surface area contributed by atoms with Gasteiger partial charge in [0.25, 0.3) is 0 Å².